The molecule has 1 rings (SSSR count). The number of aliphatic hydroxyl groups excluding tert-OH is 2. The Bertz CT molecular complexity index is 498. The first-order valence-electron chi connectivity index (χ1n) is 8.82. The van der Waals surface area contributed by atoms with Crippen molar-refractivity contribution in [1.29, 1.82) is 0 Å². The summed E-state index contributed by atoms with van der Waals surface area (Å²) in [6, 6.07) is -0.848. The van der Waals surface area contributed by atoms with Gasteiger partial charge in [0.25, 0.3) is 0 Å². The highest BCUT2D eigenvalue weighted by Gasteiger charge is 2.55. The molecule has 5 atom stereocenters. The molecule has 25 heavy (non-hydrogen) atoms. The summed E-state index contributed by atoms with van der Waals surface area (Å²) in [7, 11) is 1.08. The molecule has 0 aromatic carbocycles. The van der Waals surface area contributed by atoms with Crippen LogP contribution in [0.15, 0.2) is 0 Å². The molecule has 0 aromatic rings. The van der Waals surface area contributed by atoms with E-state index in [-0.39, 0.29) is 17.6 Å². The molecule has 1 aliphatic rings. The Labute approximate surface area is 154 Å². The van der Waals surface area contributed by atoms with E-state index < -0.39 is 46.1 Å². The molecule has 0 spiro atoms. The largest absolute Gasteiger partial charge is 0.409 e. The number of hydrogen-bond donors (Lipinski definition) is 2. The smallest absolute Gasteiger partial charge is 0.200 e. The van der Waals surface area contributed by atoms with E-state index in [2.05, 4.69) is 33.9 Å². The summed E-state index contributed by atoms with van der Waals surface area (Å²) in [5, 5.41) is 20.7. The van der Waals surface area contributed by atoms with Gasteiger partial charge in [0.05, 0.1) is 19.3 Å². The summed E-state index contributed by atoms with van der Waals surface area (Å²) >= 11 is 0. The zero-order valence-electron chi connectivity index (χ0n) is 16.6. The van der Waals surface area contributed by atoms with Crippen molar-refractivity contribution < 1.29 is 28.5 Å². The van der Waals surface area contributed by atoms with Gasteiger partial charge >= 0.3 is 0 Å². The molecule has 0 aromatic heterocycles. The molecular formula is C16H34BO6PSi. The maximum Gasteiger partial charge on any atom is 0.200 e. The molecule has 2 radical (unpaired) electrons. The van der Waals surface area contributed by atoms with Crippen molar-refractivity contribution >= 4 is 23.5 Å². The molecule has 1 fully saturated rings. The lowest BCUT2D eigenvalue weighted by atomic mass is 9.88. The molecule has 1 heterocycles. The van der Waals surface area contributed by atoms with Crippen LogP contribution >= 0.6 is 7.37 Å². The highest BCUT2D eigenvalue weighted by Crippen LogP contribution is 2.47. The van der Waals surface area contributed by atoms with Crippen LogP contribution in [0.25, 0.3) is 0 Å². The van der Waals surface area contributed by atoms with Crippen molar-refractivity contribution in [3.8, 4) is 0 Å². The predicted molar refractivity (Wildman–Crippen MR) is 103 cm³/mol. The molecule has 0 amide bonds. The molecule has 1 aliphatic heterocycles. The van der Waals surface area contributed by atoms with Crippen LogP contribution in [0.5, 0.6) is 0 Å². The quantitative estimate of drug-likeness (QED) is 0.487. The van der Waals surface area contributed by atoms with E-state index in [1.807, 2.05) is 0 Å². The Kier molecular flexibility index (Phi) is 7.59. The van der Waals surface area contributed by atoms with Crippen molar-refractivity contribution in [2.45, 2.75) is 76.1 Å². The summed E-state index contributed by atoms with van der Waals surface area (Å²) in [6.45, 7) is 13.7. The van der Waals surface area contributed by atoms with Gasteiger partial charge in [-0.25, -0.2) is 0 Å². The molecule has 146 valence electrons. The first kappa shape index (κ1) is 23.4. The van der Waals surface area contributed by atoms with Crippen molar-refractivity contribution in [1.82, 2.24) is 0 Å². The Hall–Kier alpha value is 0.312. The monoisotopic (exact) mass is 392 g/mol. The van der Waals surface area contributed by atoms with Gasteiger partial charge in [-0.2, -0.15) is 0 Å². The van der Waals surface area contributed by atoms with Crippen LogP contribution in [0, 0.1) is 0 Å². The minimum absolute atomic E-state index is 0.0506. The van der Waals surface area contributed by atoms with Crippen molar-refractivity contribution in [2.75, 3.05) is 26.0 Å². The molecule has 0 saturated carbocycles. The Morgan fingerprint density at radius 2 is 1.92 bits per heavy atom. The Morgan fingerprint density at radius 1 is 1.36 bits per heavy atom. The van der Waals surface area contributed by atoms with Crippen molar-refractivity contribution in [3.05, 3.63) is 0 Å². The van der Waals surface area contributed by atoms with Crippen molar-refractivity contribution in [2.24, 2.45) is 0 Å². The summed E-state index contributed by atoms with van der Waals surface area (Å²) in [4.78, 5) is 0. The molecular weight excluding hydrogens is 358 g/mol. The van der Waals surface area contributed by atoms with Gasteiger partial charge in [-0.05, 0) is 31.5 Å². The first-order chi connectivity index (χ1) is 11.2. The van der Waals surface area contributed by atoms with Gasteiger partial charge in [0.2, 0.25) is 0 Å². The zero-order valence-corrected chi connectivity index (χ0v) is 18.5. The fourth-order valence-corrected chi connectivity index (χ4v) is 5.44. The van der Waals surface area contributed by atoms with E-state index in [9.17, 15) is 14.8 Å². The number of hydrogen-bond acceptors (Lipinski definition) is 6. The van der Waals surface area contributed by atoms with Gasteiger partial charge in [-0.15, -0.1) is 0 Å². The Balaban J connectivity index is 2.93. The molecule has 2 unspecified atom stereocenters. The molecule has 1 saturated heterocycles. The van der Waals surface area contributed by atoms with E-state index in [0.29, 0.717) is 6.61 Å². The van der Waals surface area contributed by atoms with Crippen molar-refractivity contribution in [3.63, 3.8) is 0 Å². The van der Waals surface area contributed by atoms with Gasteiger partial charge in [0.1, 0.15) is 19.6 Å². The third-order valence-corrected chi connectivity index (χ3v) is 11.7. The lowest BCUT2D eigenvalue weighted by Crippen LogP contribution is -2.52. The topological polar surface area (TPSA) is 85.2 Å². The van der Waals surface area contributed by atoms with Gasteiger partial charge in [-0.3, -0.25) is 4.57 Å². The molecule has 0 bridgehead atoms. The minimum Gasteiger partial charge on any atom is -0.409 e. The van der Waals surface area contributed by atoms with Crippen LogP contribution in [-0.4, -0.2) is 76.2 Å². The Morgan fingerprint density at radius 3 is 2.36 bits per heavy atom. The van der Waals surface area contributed by atoms with Crippen LogP contribution in [-0.2, 0) is 18.3 Å². The van der Waals surface area contributed by atoms with E-state index in [4.69, 9.17) is 21.5 Å². The third-order valence-electron chi connectivity index (χ3n) is 5.39. The second-order valence-electron chi connectivity index (χ2n) is 8.50. The van der Waals surface area contributed by atoms with Crippen LogP contribution < -0.4 is 0 Å². The summed E-state index contributed by atoms with van der Waals surface area (Å²) < 4.78 is 29.6. The zero-order chi connectivity index (χ0) is 19.7. The highest BCUT2D eigenvalue weighted by molar-refractivity contribution is 7.58. The van der Waals surface area contributed by atoms with Gasteiger partial charge in [0, 0.05) is 18.8 Å². The van der Waals surface area contributed by atoms with E-state index in [1.54, 1.807) is 13.6 Å². The fourth-order valence-electron chi connectivity index (χ4n) is 2.68. The molecule has 2 N–H and O–H groups in total. The summed E-state index contributed by atoms with van der Waals surface area (Å²) in [5.74, 6) is 0. The van der Waals surface area contributed by atoms with E-state index >= 15 is 0 Å². The summed E-state index contributed by atoms with van der Waals surface area (Å²) in [6.07, 6.45) is -1.44. The maximum absolute atomic E-state index is 12.4. The lowest BCUT2D eigenvalue weighted by Gasteiger charge is -2.40. The fraction of sp³-hybridized carbons (Fsp3) is 1.00. The van der Waals surface area contributed by atoms with Crippen LogP contribution in [0.2, 0.25) is 18.1 Å². The van der Waals surface area contributed by atoms with Crippen LogP contribution in [0.1, 0.15) is 34.1 Å². The molecule has 6 nitrogen and oxygen atoms in total. The average molecular weight is 392 g/mol. The third kappa shape index (κ3) is 5.41. The van der Waals surface area contributed by atoms with Crippen LogP contribution in [0.3, 0.4) is 0 Å². The number of ether oxygens (including phenoxy) is 1. The maximum atomic E-state index is 12.4. The average Bonchev–Trinajstić information content (AvgIpc) is 2.69. The minimum atomic E-state index is -2.81. The summed E-state index contributed by atoms with van der Waals surface area (Å²) in [5.41, 5.74) is -1.28. The second-order valence-corrected chi connectivity index (χ2v) is 16.0. The SMILES string of the molecule is [B][C@@H]1O[C@@](CO)(CCP(C)(=O)OCC)C(O)[C@@H]1O[Si](C)(C)C(C)(C)C. The molecule has 0 aliphatic carbocycles. The standard InChI is InChI=1S/C16H34BO6PSi/c1-8-21-24(5,20)10-9-16(11-18)13(19)12(14(17)22-16)23-25(6,7)15(2,3)4/h12-14,18-19H,8-11H2,1-7H3/t12-,13?,14+,16+,24?/m0/s1. The van der Waals surface area contributed by atoms with Gasteiger partial charge in [-0.1, -0.05) is 20.8 Å². The van der Waals surface area contributed by atoms with E-state index in [1.165, 1.54) is 0 Å². The first-order valence-corrected chi connectivity index (χ1v) is 14.0. The highest BCUT2D eigenvalue weighted by atomic mass is 31.2. The van der Waals surface area contributed by atoms with E-state index in [0.717, 1.165) is 0 Å². The number of aliphatic hydroxyl groups is 2. The van der Waals surface area contributed by atoms with Gasteiger partial charge < -0.3 is 23.9 Å². The normalized spacial score (nSPS) is 33.4. The number of rotatable bonds is 8. The lowest BCUT2D eigenvalue weighted by molar-refractivity contribution is -0.101. The predicted octanol–water partition coefficient (Wildman–Crippen LogP) is 2.33. The molecule has 9 heteroatoms. The van der Waals surface area contributed by atoms with Crippen LogP contribution in [0.4, 0.5) is 0 Å². The van der Waals surface area contributed by atoms with Gasteiger partial charge in [0.15, 0.2) is 15.7 Å². The second kappa shape index (κ2) is 8.13.